The van der Waals surface area contributed by atoms with Crippen molar-refractivity contribution in [3.05, 3.63) is 117 Å². The summed E-state index contributed by atoms with van der Waals surface area (Å²) in [7, 11) is 0. The number of aromatic amines is 1. The van der Waals surface area contributed by atoms with E-state index < -0.39 is 0 Å². The molecule has 10 nitrogen and oxygen atoms in total. The van der Waals surface area contributed by atoms with Gasteiger partial charge in [-0.15, -0.1) is 5.10 Å². The SMILES string of the molecule is CCc1nc2c(c(=O)n(CCc3ccccc3)c(=O)n2CC)n1Cc1ccc(-c2ccccc2-c2nnn[nH]2)cc1. The molecule has 0 unspecified atom stereocenters. The van der Waals surface area contributed by atoms with E-state index >= 15 is 0 Å². The summed E-state index contributed by atoms with van der Waals surface area (Å²) in [5.41, 5.74) is 5.32. The Morgan fingerprint density at radius 3 is 2.20 bits per heavy atom. The monoisotopic (exact) mass is 546 g/mol. The van der Waals surface area contributed by atoms with Crippen LogP contribution in [-0.4, -0.2) is 39.3 Å². The molecule has 6 rings (SSSR count). The molecule has 0 saturated carbocycles. The van der Waals surface area contributed by atoms with Crippen LogP contribution in [-0.2, 0) is 32.5 Å². The predicted molar refractivity (Wildman–Crippen MR) is 158 cm³/mol. The van der Waals surface area contributed by atoms with Crippen LogP contribution in [0.1, 0.15) is 30.8 Å². The number of hydrogen-bond acceptors (Lipinski definition) is 6. The summed E-state index contributed by atoms with van der Waals surface area (Å²) in [5, 5.41) is 14.3. The van der Waals surface area contributed by atoms with E-state index in [1.807, 2.05) is 73.0 Å². The number of benzene rings is 3. The summed E-state index contributed by atoms with van der Waals surface area (Å²) in [6.07, 6.45) is 1.22. The molecule has 0 spiro atoms. The smallest absolute Gasteiger partial charge is 0.318 e. The van der Waals surface area contributed by atoms with Gasteiger partial charge in [0.05, 0.1) is 0 Å². The number of nitrogens with zero attached hydrogens (tertiary/aromatic N) is 7. The van der Waals surface area contributed by atoms with Gasteiger partial charge in [-0.05, 0) is 46.0 Å². The number of hydrogen-bond donors (Lipinski definition) is 1. The molecule has 6 aromatic rings. The Kier molecular flexibility index (Phi) is 7.11. The van der Waals surface area contributed by atoms with Gasteiger partial charge < -0.3 is 4.57 Å². The molecule has 0 atom stereocenters. The van der Waals surface area contributed by atoms with Crippen molar-refractivity contribution in [2.24, 2.45) is 0 Å². The van der Waals surface area contributed by atoms with Crippen molar-refractivity contribution in [3.63, 3.8) is 0 Å². The van der Waals surface area contributed by atoms with Gasteiger partial charge in [0.15, 0.2) is 17.0 Å². The summed E-state index contributed by atoms with van der Waals surface area (Å²) in [4.78, 5) is 32.0. The van der Waals surface area contributed by atoms with Gasteiger partial charge in [-0.3, -0.25) is 13.9 Å². The van der Waals surface area contributed by atoms with Crippen molar-refractivity contribution < 1.29 is 0 Å². The highest BCUT2D eigenvalue weighted by Crippen LogP contribution is 2.30. The fraction of sp³-hybridized carbons (Fsp3) is 0.226. The van der Waals surface area contributed by atoms with Gasteiger partial charge >= 0.3 is 5.69 Å². The second-order valence-electron chi connectivity index (χ2n) is 9.85. The lowest BCUT2D eigenvalue weighted by Crippen LogP contribution is -2.41. The van der Waals surface area contributed by atoms with Crippen LogP contribution in [0.4, 0.5) is 0 Å². The third-order valence-electron chi connectivity index (χ3n) is 7.43. The first-order chi connectivity index (χ1) is 20.1. The number of nitrogens with one attached hydrogen (secondary N) is 1. The highest BCUT2D eigenvalue weighted by molar-refractivity contribution is 5.80. The van der Waals surface area contributed by atoms with E-state index in [9.17, 15) is 9.59 Å². The van der Waals surface area contributed by atoms with Crippen LogP contribution < -0.4 is 11.2 Å². The fourth-order valence-electron chi connectivity index (χ4n) is 5.33. The van der Waals surface area contributed by atoms with Crippen molar-refractivity contribution in [2.75, 3.05) is 0 Å². The quantitative estimate of drug-likeness (QED) is 0.292. The van der Waals surface area contributed by atoms with E-state index in [-0.39, 0.29) is 11.2 Å². The first-order valence-corrected chi connectivity index (χ1v) is 13.8. The van der Waals surface area contributed by atoms with Gasteiger partial charge in [0.25, 0.3) is 5.56 Å². The molecule has 0 amide bonds. The maximum atomic E-state index is 13.8. The third-order valence-corrected chi connectivity index (χ3v) is 7.43. The van der Waals surface area contributed by atoms with E-state index in [1.165, 1.54) is 4.57 Å². The Labute approximate surface area is 235 Å². The topological polar surface area (TPSA) is 116 Å². The zero-order valence-electron chi connectivity index (χ0n) is 23.0. The van der Waals surface area contributed by atoms with Gasteiger partial charge in [-0.25, -0.2) is 14.9 Å². The highest BCUT2D eigenvalue weighted by atomic mass is 16.2. The lowest BCUT2D eigenvalue weighted by Gasteiger charge is -2.13. The second-order valence-corrected chi connectivity index (χ2v) is 9.85. The van der Waals surface area contributed by atoms with E-state index in [2.05, 4.69) is 44.9 Å². The van der Waals surface area contributed by atoms with E-state index in [1.54, 1.807) is 4.57 Å². The van der Waals surface area contributed by atoms with Crippen LogP contribution in [0.2, 0.25) is 0 Å². The Morgan fingerprint density at radius 2 is 1.51 bits per heavy atom. The lowest BCUT2D eigenvalue weighted by atomic mass is 9.98. The summed E-state index contributed by atoms with van der Waals surface area (Å²) in [5.74, 6) is 1.37. The van der Waals surface area contributed by atoms with E-state index in [0.29, 0.717) is 49.5 Å². The van der Waals surface area contributed by atoms with Crippen molar-refractivity contribution >= 4 is 11.2 Å². The molecular formula is C31H30N8O2. The maximum Gasteiger partial charge on any atom is 0.332 e. The molecule has 0 aliphatic heterocycles. The highest BCUT2D eigenvalue weighted by Gasteiger charge is 2.21. The van der Waals surface area contributed by atoms with Crippen molar-refractivity contribution in [1.82, 2.24) is 39.3 Å². The average Bonchev–Trinajstić information content (AvgIpc) is 3.67. The summed E-state index contributed by atoms with van der Waals surface area (Å²) < 4.78 is 4.93. The molecule has 206 valence electrons. The Bertz CT molecular complexity index is 1920. The number of aromatic nitrogens is 8. The zero-order chi connectivity index (χ0) is 28.3. The molecule has 1 N–H and O–H groups in total. The van der Waals surface area contributed by atoms with Crippen molar-refractivity contribution in [1.29, 1.82) is 0 Å². The molecule has 3 heterocycles. The van der Waals surface area contributed by atoms with Crippen molar-refractivity contribution in [2.45, 2.75) is 46.3 Å². The van der Waals surface area contributed by atoms with Crippen LogP contribution in [0.5, 0.6) is 0 Å². The van der Waals surface area contributed by atoms with Gasteiger partial charge in [0.2, 0.25) is 0 Å². The minimum absolute atomic E-state index is 0.302. The molecule has 0 aliphatic carbocycles. The molecule has 0 bridgehead atoms. The van der Waals surface area contributed by atoms with Gasteiger partial charge in [0.1, 0.15) is 5.82 Å². The molecular weight excluding hydrogens is 516 g/mol. The Hall–Kier alpha value is -5.12. The summed E-state index contributed by atoms with van der Waals surface area (Å²) in [6.45, 7) is 5.11. The van der Waals surface area contributed by atoms with Gasteiger partial charge in [-0.1, -0.05) is 85.8 Å². The maximum absolute atomic E-state index is 13.8. The van der Waals surface area contributed by atoms with Crippen molar-refractivity contribution in [3.8, 4) is 22.5 Å². The number of tetrazole rings is 1. The minimum Gasteiger partial charge on any atom is -0.318 e. The first kappa shape index (κ1) is 26.1. The number of H-pyrrole nitrogens is 1. The van der Waals surface area contributed by atoms with Crippen LogP contribution in [0.25, 0.3) is 33.7 Å². The van der Waals surface area contributed by atoms with Crippen LogP contribution >= 0.6 is 0 Å². The number of aryl methyl sites for hydroxylation is 3. The molecule has 0 fully saturated rings. The number of imidazole rings is 1. The van der Waals surface area contributed by atoms with Crippen LogP contribution in [0, 0.1) is 0 Å². The largest absolute Gasteiger partial charge is 0.332 e. The van der Waals surface area contributed by atoms with E-state index in [4.69, 9.17) is 4.98 Å². The van der Waals surface area contributed by atoms with E-state index in [0.717, 1.165) is 33.6 Å². The number of fused-ring (bicyclic) bond motifs is 1. The second kappa shape index (κ2) is 11.2. The summed E-state index contributed by atoms with van der Waals surface area (Å²) >= 11 is 0. The van der Waals surface area contributed by atoms with Gasteiger partial charge in [0, 0.05) is 31.6 Å². The Morgan fingerprint density at radius 1 is 0.780 bits per heavy atom. The minimum atomic E-state index is -0.321. The van der Waals surface area contributed by atoms with Crippen LogP contribution in [0.15, 0.2) is 88.5 Å². The zero-order valence-corrected chi connectivity index (χ0v) is 23.0. The molecule has 3 aromatic heterocycles. The Balaban J connectivity index is 1.38. The summed E-state index contributed by atoms with van der Waals surface area (Å²) in [6, 6.07) is 26.1. The molecule has 3 aromatic carbocycles. The molecule has 0 aliphatic rings. The lowest BCUT2D eigenvalue weighted by molar-refractivity contribution is 0.578. The number of rotatable bonds is 9. The molecule has 0 saturated heterocycles. The third kappa shape index (κ3) is 4.88. The normalized spacial score (nSPS) is 11.4. The molecule has 0 radical (unpaired) electrons. The molecule has 41 heavy (non-hydrogen) atoms. The van der Waals surface area contributed by atoms with Gasteiger partial charge in [-0.2, -0.15) is 0 Å². The predicted octanol–water partition coefficient (Wildman–Crippen LogP) is 4.08. The standard InChI is InChI=1S/C31H30N8O2/c1-3-26-32-29-27(30(40)38(31(41)37(29)4-2)19-18-21-10-6-5-7-11-21)39(26)20-22-14-16-23(17-15-22)24-12-8-9-13-25(24)28-33-35-36-34-28/h5-17H,3-4,18-20H2,1-2H3,(H,33,34,35,36). The van der Waals surface area contributed by atoms with Crippen LogP contribution in [0.3, 0.4) is 0 Å². The fourth-order valence-corrected chi connectivity index (χ4v) is 5.33. The average molecular weight is 547 g/mol. The first-order valence-electron chi connectivity index (χ1n) is 13.8. The molecule has 10 heteroatoms.